The lowest BCUT2D eigenvalue weighted by molar-refractivity contribution is 0.112. The SMILES string of the molecule is O=Cc1ccc(CCc2cccc3cncn23)cc1. The topological polar surface area (TPSA) is 34.4 Å². The number of aldehydes is 1. The van der Waals surface area contributed by atoms with E-state index in [1.54, 1.807) is 0 Å². The molecule has 0 saturated carbocycles. The number of carbonyl (C=O) groups is 1. The van der Waals surface area contributed by atoms with Gasteiger partial charge in [-0.1, -0.05) is 30.3 Å². The van der Waals surface area contributed by atoms with Gasteiger partial charge in [0.1, 0.15) is 6.29 Å². The molecule has 2 aromatic heterocycles. The highest BCUT2D eigenvalue weighted by Crippen LogP contribution is 2.11. The largest absolute Gasteiger partial charge is 0.303 e. The van der Waals surface area contributed by atoms with Crippen LogP contribution in [0.15, 0.2) is 55.0 Å². The van der Waals surface area contributed by atoms with Crippen molar-refractivity contribution in [3.63, 3.8) is 0 Å². The van der Waals surface area contributed by atoms with Crippen LogP contribution < -0.4 is 0 Å². The van der Waals surface area contributed by atoms with Crippen LogP contribution >= 0.6 is 0 Å². The summed E-state index contributed by atoms with van der Waals surface area (Å²) < 4.78 is 2.11. The smallest absolute Gasteiger partial charge is 0.150 e. The van der Waals surface area contributed by atoms with Crippen molar-refractivity contribution in [3.8, 4) is 0 Å². The van der Waals surface area contributed by atoms with Crippen LogP contribution in [-0.2, 0) is 12.8 Å². The van der Waals surface area contributed by atoms with Gasteiger partial charge in [-0.25, -0.2) is 4.98 Å². The number of benzene rings is 1. The first-order chi connectivity index (χ1) is 9.36. The normalized spacial score (nSPS) is 10.7. The lowest BCUT2D eigenvalue weighted by Gasteiger charge is -2.05. The molecule has 0 saturated heterocycles. The first kappa shape index (κ1) is 11.7. The van der Waals surface area contributed by atoms with Crippen LogP contribution in [-0.4, -0.2) is 15.7 Å². The number of aryl methyl sites for hydroxylation is 2. The Labute approximate surface area is 111 Å². The average molecular weight is 250 g/mol. The highest BCUT2D eigenvalue weighted by atomic mass is 16.1. The van der Waals surface area contributed by atoms with E-state index in [0.717, 1.165) is 30.2 Å². The molecule has 3 heteroatoms. The molecular formula is C16H14N2O. The molecule has 0 aliphatic carbocycles. The molecule has 0 N–H and O–H groups in total. The fourth-order valence-corrected chi connectivity index (χ4v) is 2.25. The molecular weight excluding hydrogens is 236 g/mol. The number of hydrogen-bond donors (Lipinski definition) is 0. The molecule has 0 bridgehead atoms. The summed E-state index contributed by atoms with van der Waals surface area (Å²) in [6.45, 7) is 0. The van der Waals surface area contributed by atoms with Gasteiger partial charge in [0, 0.05) is 11.3 Å². The van der Waals surface area contributed by atoms with Gasteiger partial charge in [0.05, 0.1) is 18.0 Å². The van der Waals surface area contributed by atoms with E-state index in [2.05, 4.69) is 27.6 Å². The zero-order valence-electron chi connectivity index (χ0n) is 10.5. The van der Waals surface area contributed by atoms with E-state index in [-0.39, 0.29) is 0 Å². The Morgan fingerprint density at radius 2 is 1.89 bits per heavy atom. The number of hydrogen-bond acceptors (Lipinski definition) is 2. The van der Waals surface area contributed by atoms with E-state index < -0.39 is 0 Å². The quantitative estimate of drug-likeness (QED) is 0.667. The van der Waals surface area contributed by atoms with Crippen LogP contribution in [0.5, 0.6) is 0 Å². The van der Waals surface area contributed by atoms with E-state index >= 15 is 0 Å². The lowest BCUT2D eigenvalue weighted by Crippen LogP contribution is -1.98. The average Bonchev–Trinajstić information content (AvgIpc) is 2.94. The summed E-state index contributed by atoms with van der Waals surface area (Å²) in [5.74, 6) is 0. The highest BCUT2D eigenvalue weighted by molar-refractivity contribution is 5.74. The Balaban J connectivity index is 1.78. The third-order valence-electron chi connectivity index (χ3n) is 3.32. The lowest BCUT2D eigenvalue weighted by atomic mass is 10.1. The van der Waals surface area contributed by atoms with Gasteiger partial charge in [-0.15, -0.1) is 0 Å². The standard InChI is InChI=1S/C16H14N2O/c19-11-14-6-4-13(5-7-14)8-9-15-2-1-3-16-10-17-12-18(15)16/h1-7,10-12H,8-9H2. The first-order valence-corrected chi connectivity index (χ1v) is 6.31. The van der Waals surface area contributed by atoms with Gasteiger partial charge in [-0.2, -0.15) is 0 Å². The number of pyridine rings is 1. The molecule has 0 atom stereocenters. The molecule has 94 valence electrons. The van der Waals surface area contributed by atoms with Crippen molar-refractivity contribution < 1.29 is 4.79 Å². The van der Waals surface area contributed by atoms with Crippen molar-refractivity contribution in [2.75, 3.05) is 0 Å². The second kappa shape index (κ2) is 5.06. The second-order valence-electron chi connectivity index (χ2n) is 4.57. The van der Waals surface area contributed by atoms with Crippen molar-refractivity contribution >= 4 is 11.8 Å². The van der Waals surface area contributed by atoms with Crippen LogP contribution in [0.3, 0.4) is 0 Å². The Hall–Kier alpha value is -2.42. The van der Waals surface area contributed by atoms with Gasteiger partial charge in [0.25, 0.3) is 0 Å². The molecule has 0 spiro atoms. The second-order valence-corrected chi connectivity index (χ2v) is 4.57. The summed E-state index contributed by atoms with van der Waals surface area (Å²) in [6, 6.07) is 14.0. The first-order valence-electron chi connectivity index (χ1n) is 6.31. The van der Waals surface area contributed by atoms with Crippen molar-refractivity contribution in [3.05, 3.63) is 71.8 Å². The Morgan fingerprint density at radius 1 is 1.05 bits per heavy atom. The highest BCUT2D eigenvalue weighted by Gasteiger charge is 2.01. The molecule has 2 heterocycles. The van der Waals surface area contributed by atoms with E-state index in [1.807, 2.05) is 36.8 Å². The van der Waals surface area contributed by atoms with Gasteiger partial charge in [-0.05, 0) is 30.5 Å². The Morgan fingerprint density at radius 3 is 2.68 bits per heavy atom. The molecule has 0 aliphatic rings. The maximum atomic E-state index is 10.6. The van der Waals surface area contributed by atoms with Gasteiger partial charge in [-0.3, -0.25) is 4.79 Å². The third-order valence-corrected chi connectivity index (χ3v) is 3.32. The fraction of sp³-hybridized carbons (Fsp3) is 0.125. The summed E-state index contributed by atoms with van der Waals surface area (Å²) >= 11 is 0. The van der Waals surface area contributed by atoms with Gasteiger partial charge in [0.2, 0.25) is 0 Å². The Kier molecular flexibility index (Phi) is 3.11. The summed E-state index contributed by atoms with van der Waals surface area (Å²) in [7, 11) is 0. The molecule has 3 rings (SSSR count). The molecule has 1 aromatic carbocycles. The van der Waals surface area contributed by atoms with E-state index in [0.29, 0.717) is 0 Å². The molecule has 3 aromatic rings. The molecule has 0 fully saturated rings. The monoisotopic (exact) mass is 250 g/mol. The maximum absolute atomic E-state index is 10.6. The Bertz CT molecular complexity index is 698. The van der Waals surface area contributed by atoms with Crippen molar-refractivity contribution in [2.45, 2.75) is 12.8 Å². The van der Waals surface area contributed by atoms with Crippen molar-refractivity contribution in [1.82, 2.24) is 9.38 Å². The zero-order chi connectivity index (χ0) is 13.1. The number of nitrogens with zero attached hydrogens (tertiary/aromatic N) is 2. The predicted octanol–water partition coefficient (Wildman–Crippen LogP) is 2.93. The molecule has 3 nitrogen and oxygen atoms in total. The summed E-state index contributed by atoms with van der Waals surface area (Å²) in [5, 5.41) is 0. The van der Waals surface area contributed by atoms with Crippen LogP contribution in [0.1, 0.15) is 21.6 Å². The maximum Gasteiger partial charge on any atom is 0.150 e. The van der Waals surface area contributed by atoms with Crippen LogP contribution in [0, 0.1) is 0 Å². The van der Waals surface area contributed by atoms with Crippen LogP contribution in [0.2, 0.25) is 0 Å². The minimum Gasteiger partial charge on any atom is -0.303 e. The third kappa shape index (κ3) is 2.40. The summed E-state index contributed by atoms with van der Waals surface area (Å²) in [4.78, 5) is 14.8. The zero-order valence-corrected chi connectivity index (χ0v) is 10.5. The summed E-state index contributed by atoms with van der Waals surface area (Å²) in [5.41, 5.74) is 4.33. The van der Waals surface area contributed by atoms with Gasteiger partial charge >= 0.3 is 0 Å². The van der Waals surface area contributed by atoms with E-state index in [4.69, 9.17) is 0 Å². The van der Waals surface area contributed by atoms with Gasteiger partial charge < -0.3 is 4.40 Å². The van der Waals surface area contributed by atoms with Crippen LogP contribution in [0.25, 0.3) is 5.52 Å². The fourth-order valence-electron chi connectivity index (χ4n) is 2.25. The van der Waals surface area contributed by atoms with Crippen LogP contribution in [0.4, 0.5) is 0 Å². The van der Waals surface area contributed by atoms with E-state index in [9.17, 15) is 4.79 Å². The molecule has 0 unspecified atom stereocenters. The predicted molar refractivity (Wildman–Crippen MR) is 74.4 cm³/mol. The number of fused-ring (bicyclic) bond motifs is 1. The number of imidazole rings is 1. The number of aromatic nitrogens is 2. The molecule has 19 heavy (non-hydrogen) atoms. The minimum atomic E-state index is 0.723. The number of rotatable bonds is 4. The van der Waals surface area contributed by atoms with Gasteiger partial charge in [0.15, 0.2) is 0 Å². The molecule has 0 amide bonds. The molecule has 0 aliphatic heterocycles. The number of carbonyl (C=O) groups excluding carboxylic acids is 1. The van der Waals surface area contributed by atoms with Crippen molar-refractivity contribution in [1.29, 1.82) is 0 Å². The van der Waals surface area contributed by atoms with Crippen molar-refractivity contribution in [2.24, 2.45) is 0 Å². The summed E-state index contributed by atoms with van der Waals surface area (Å²) in [6.07, 6.45) is 6.49. The minimum absolute atomic E-state index is 0.723. The van der Waals surface area contributed by atoms with E-state index in [1.165, 1.54) is 11.3 Å². The molecule has 0 radical (unpaired) electrons.